The van der Waals surface area contributed by atoms with Gasteiger partial charge >= 0.3 is 0 Å². The van der Waals surface area contributed by atoms with Gasteiger partial charge in [-0.2, -0.15) is 0 Å². The third-order valence-electron chi connectivity index (χ3n) is 4.70. The fourth-order valence-corrected chi connectivity index (χ4v) is 3.27. The van der Waals surface area contributed by atoms with Crippen LogP contribution >= 0.6 is 0 Å². The fourth-order valence-electron chi connectivity index (χ4n) is 3.27. The third kappa shape index (κ3) is 3.25. The molecule has 0 radical (unpaired) electrons. The highest BCUT2D eigenvalue weighted by Gasteiger charge is 2.41. The van der Waals surface area contributed by atoms with Gasteiger partial charge in [0.25, 0.3) is 0 Å². The molecule has 0 aromatic carbocycles. The van der Waals surface area contributed by atoms with Crippen LogP contribution in [-0.2, 0) is 4.74 Å². The van der Waals surface area contributed by atoms with Crippen molar-refractivity contribution in [2.45, 2.75) is 64.0 Å². The largest absolute Gasteiger partial charge is 0.378 e. The number of hydrogen-bond acceptors (Lipinski definition) is 3. The van der Waals surface area contributed by atoms with Gasteiger partial charge in [-0.1, -0.05) is 13.8 Å². The first-order valence-corrected chi connectivity index (χ1v) is 7.80. The summed E-state index contributed by atoms with van der Waals surface area (Å²) in [5.41, 5.74) is 6.41. The molecule has 1 heterocycles. The first-order chi connectivity index (χ1) is 8.74. The molecule has 0 amide bonds. The Morgan fingerprint density at radius 1 is 1.33 bits per heavy atom. The van der Waals surface area contributed by atoms with E-state index in [1.54, 1.807) is 0 Å². The summed E-state index contributed by atoms with van der Waals surface area (Å²) in [6.45, 7) is 8.65. The van der Waals surface area contributed by atoms with Crippen molar-refractivity contribution >= 4 is 0 Å². The summed E-state index contributed by atoms with van der Waals surface area (Å²) in [5.74, 6) is 0.947. The number of hydrogen-bond donors (Lipinski definition) is 1. The zero-order valence-corrected chi connectivity index (χ0v) is 12.2. The Kier molecular flexibility index (Phi) is 5.05. The van der Waals surface area contributed by atoms with Gasteiger partial charge in [-0.25, -0.2) is 0 Å². The monoisotopic (exact) mass is 254 g/mol. The average molecular weight is 254 g/mol. The van der Waals surface area contributed by atoms with Crippen molar-refractivity contribution in [3.8, 4) is 0 Å². The molecular weight excluding hydrogens is 224 g/mol. The predicted octanol–water partition coefficient (Wildman–Crippen LogP) is 2.39. The van der Waals surface area contributed by atoms with Crippen LogP contribution in [-0.4, -0.2) is 42.8 Å². The van der Waals surface area contributed by atoms with Crippen LogP contribution in [0.4, 0.5) is 0 Å². The highest BCUT2D eigenvalue weighted by Crippen LogP contribution is 2.36. The Labute approximate surface area is 112 Å². The minimum atomic E-state index is 0.220. The summed E-state index contributed by atoms with van der Waals surface area (Å²) >= 11 is 0. The van der Waals surface area contributed by atoms with Crippen LogP contribution in [0.5, 0.6) is 0 Å². The lowest BCUT2D eigenvalue weighted by Gasteiger charge is -2.48. The van der Waals surface area contributed by atoms with Crippen LogP contribution in [0.3, 0.4) is 0 Å². The van der Waals surface area contributed by atoms with Gasteiger partial charge in [-0.05, 0) is 51.0 Å². The highest BCUT2D eigenvalue weighted by molar-refractivity contribution is 4.97. The van der Waals surface area contributed by atoms with Crippen LogP contribution in [0, 0.1) is 5.92 Å². The van der Waals surface area contributed by atoms with Gasteiger partial charge in [0, 0.05) is 25.2 Å². The van der Waals surface area contributed by atoms with Gasteiger partial charge in [0.1, 0.15) is 0 Å². The zero-order valence-electron chi connectivity index (χ0n) is 12.2. The molecule has 3 heteroatoms. The van der Waals surface area contributed by atoms with E-state index in [1.165, 1.54) is 32.4 Å². The normalized spacial score (nSPS) is 33.0. The molecular formula is C15H30N2O. The fraction of sp³-hybridized carbons (Fsp3) is 1.00. The first-order valence-electron chi connectivity index (χ1n) is 7.80. The van der Waals surface area contributed by atoms with Crippen molar-refractivity contribution < 1.29 is 4.74 Å². The topological polar surface area (TPSA) is 38.5 Å². The molecule has 0 aromatic rings. The molecule has 2 unspecified atom stereocenters. The molecule has 2 aliphatic rings. The second-order valence-electron chi connectivity index (χ2n) is 6.17. The van der Waals surface area contributed by atoms with Crippen LogP contribution in [0.15, 0.2) is 0 Å². The second kappa shape index (κ2) is 6.36. The highest BCUT2D eigenvalue weighted by atomic mass is 16.5. The Morgan fingerprint density at radius 2 is 2.11 bits per heavy atom. The maximum atomic E-state index is 6.19. The number of nitrogens with zero attached hydrogens (tertiary/aromatic N) is 1. The predicted molar refractivity (Wildman–Crippen MR) is 75.6 cm³/mol. The SMILES string of the molecule is CCCN(CC1CC1)C1(CN)CCOC(CC)C1. The van der Waals surface area contributed by atoms with E-state index in [9.17, 15) is 0 Å². The second-order valence-corrected chi connectivity index (χ2v) is 6.17. The molecule has 1 saturated carbocycles. The standard InChI is InChI=1S/C15H30N2O/c1-3-8-17(11-13-5-6-13)15(12-16)7-9-18-14(4-2)10-15/h13-14H,3-12,16H2,1-2H3. The van der Waals surface area contributed by atoms with Gasteiger partial charge in [0.2, 0.25) is 0 Å². The number of rotatable bonds is 7. The molecule has 2 N–H and O–H groups in total. The van der Waals surface area contributed by atoms with E-state index < -0.39 is 0 Å². The average Bonchev–Trinajstić information content (AvgIpc) is 3.22. The smallest absolute Gasteiger partial charge is 0.0590 e. The maximum absolute atomic E-state index is 6.19. The third-order valence-corrected chi connectivity index (χ3v) is 4.70. The lowest BCUT2D eigenvalue weighted by Crippen LogP contribution is -2.59. The van der Waals surface area contributed by atoms with Crippen molar-refractivity contribution in [3.05, 3.63) is 0 Å². The molecule has 1 aliphatic carbocycles. The van der Waals surface area contributed by atoms with E-state index in [1.807, 2.05) is 0 Å². The van der Waals surface area contributed by atoms with Crippen LogP contribution < -0.4 is 5.73 Å². The maximum Gasteiger partial charge on any atom is 0.0590 e. The Morgan fingerprint density at radius 3 is 2.67 bits per heavy atom. The summed E-state index contributed by atoms with van der Waals surface area (Å²) in [6, 6.07) is 0. The zero-order chi connectivity index (χ0) is 13.0. The molecule has 0 spiro atoms. The molecule has 2 fully saturated rings. The lowest BCUT2D eigenvalue weighted by molar-refractivity contribution is -0.0733. The van der Waals surface area contributed by atoms with Crippen LogP contribution in [0.25, 0.3) is 0 Å². The molecule has 3 nitrogen and oxygen atoms in total. The molecule has 1 saturated heterocycles. The summed E-state index contributed by atoms with van der Waals surface area (Å²) in [6.07, 6.45) is 7.86. The quantitative estimate of drug-likeness (QED) is 0.758. The van der Waals surface area contributed by atoms with Crippen LogP contribution in [0.1, 0.15) is 52.4 Å². The molecule has 0 aromatic heterocycles. The van der Waals surface area contributed by atoms with Crippen molar-refractivity contribution in [2.24, 2.45) is 11.7 Å². The van der Waals surface area contributed by atoms with Crippen molar-refractivity contribution in [3.63, 3.8) is 0 Å². The first kappa shape index (κ1) is 14.3. The van der Waals surface area contributed by atoms with Crippen LogP contribution in [0.2, 0.25) is 0 Å². The Bertz CT molecular complexity index is 255. The van der Waals surface area contributed by atoms with Gasteiger partial charge in [0.15, 0.2) is 0 Å². The minimum absolute atomic E-state index is 0.220. The van der Waals surface area contributed by atoms with E-state index in [2.05, 4.69) is 18.7 Å². The van der Waals surface area contributed by atoms with Gasteiger partial charge in [-0.3, -0.25) is 4.90 Å². The Balaban J connectivity index is 2.05. The van der Waals surface area contributed by atoms with E-state index in [0.717, 1.165) is 38.3 Å². The number of nitrogens with two attached hydrogens (primary N) is 1. The summed E-state index contributed by atoms with van der Waals surface area (Å²) in [4.78, 5) is 2.70. The lowest BCUT2D eigenvalue weighted by atomic mass is 9.83. The van der Waals surface area contributed by atoms with Crippen molar-refractivity contribution in [2.75, 3.05) is 26.2 Å². The van der Waals surface area contributed by atoms with E-state index in [4.69, 9.17) is 10.5 Å². The molecule has 2 atom stereocenters. The van der Waals surface area contributed by atoms with Gasteiger partial charge in [0.05, 0.1) is 6.10 Å². The molecule has 106 valence electrons. The van der Waals surface area contributed by atoms with E-state index in [-0.39, 0.29) is 5.54 Å². The minimum Gasteiger partial charge on any atom is -0.378 e. The summed E-state index contributed by atoms with van der Waals surface area (Å²) in [5, 5.41) is 0. The summed E-state index contributed by atoms with van der Waals surface area (Å²) in [7, 11) is 0. The molecule has 0 bridgehead atoms. The Hall–Kier alpha value is -0.120. The molecule has 18 heavy (non-hydrogen) atoms. The van der Waals surface area contributed by atoms with Crippen molar-refractivity contribution in [1.82, 2.24) is 4.90 Å². The number of ether oxygens (including phenoxy) is 1. The molecule has 2 rings (SSSR count). The summed E-state index contributed by atoms with van der Waals surface area (Å²) < 4.78 is 5.85. The van der Waals surface area contributed by atoms with Crippen molar-refractivity contribution in [1.29, 1.82) is 0 Å². The van der Waals surface area contributed by atoms with E-state index >= 15 is 0 Å². The van der Waals surface area contributed by atoms with Gasteiger partial charge in [-0.15, -0.1) is 0 Å². The van der Waals surface area contributed by atoms with Gasteiger partial charge < -0.3 is 10.5 Å². The van der Waals surface area contributed by atoms with E-state index in [0.29, 0.717) is 6.10 Å². The molecule has 1 aliphatic heterocycles.